The van der Waals surface area contributed by atoms with Crippen molar-refractivity contribution in [2.24, 2.45) is 0 Å². The third-order valence-corrected chi connectivity index (χ3v) is 3.63. The second kappa shape index (κ2) is 3.78. The molecule has 0 saturated carbocycles. The van der Waals surface area contributed by atoms with Gasteiger partial charge in [0.1, 0.15) is 0 Å². The Balaban J connectivity index is 2.48. The molecule has 1 aliphatic rings. The summed E-state index contributed by atoms with van der Waals surface area (Å²) in [7, 11) is 0. The van der Waals surface area contributed by atoms with Gasteiger partial charge in [0, 0.05) is 11.0 Å². The SMILES string of the molecule is CCNC1(CO)CSC(C)C1. The Bertz CT molecular complexity index is 127. The van der Waals surface area contributed by atoms with Gasteiger partial charge in [-0.1, -0.05) is 13.8 Å². The van der Waals surface area contributed by atoms with E-state index in [0.29, 0.717) is 5.25 Å². The summed E-state index contributed by atoms with van der Waals surface area (Å²) in [5.41, 5.74) is 0.0266. The van der Waals surface area contributed by atoms with E-state index >= 15 is 0 Å². The Morgan fingerprint density at radius 2 is 2.45 bits per heavy atom. The molecule has 1 saturated heterocycles. The summed E-state index contributed by atoms with van der Waals surface area (Å²) in [5, 5.41) is 13.3. The van der Waals surface area contributed by atoms with Crippen molar-refractivity contribution >= 4 is 11.8 Å². The highest BCUT2D eigenvalue weighted by Gasteiger charge is 2.36. The van der Waals surface area contributed by atoms with Crippen molar-refractivity contribution in [3.05, 3.63) is 0 Å². The third-order valence-electron chi connectivity index (χ3n) is 2.18. The minimum atomic E-state index is 0.0266. The zero-order chi connectivity index (χ0) is 8.32. The van der Waals surface area contributed by atoms with Gasteiger partial charge in [-0.05, 0) is 13.0 Å². The largest absolute Gasteiger partial charge is 0.394 e. The van der Waals surface area contributed by atoms with E-state index in [-0.39, 0.29) is 12.1 Å². The van der Waals surface area contributed by atoms with Crippen molar-refractivity contribution in [3.8, 4) is 0 Å². The molecule has 2 unspecified atom stereocenters. The quantitative estimate of drug-likeness (QED) is 0.667. The maximum Gasteiger partial charge on any atom is 0.0621 e. The molecule has 66 valence electrons. The maximum atomic E-state index is 9.19. The summed E-state index contributed by atoms with van der Waals surface area (Å²) in [6.45, 7) is 5.54. The molecule has 0 aromatic heterocycles. The van der Waals surface area contributed by atoms with E-state index in [1.165, 1.54) is 0 Å². The van der Waals surface area contributed by atoms with Gasteiger partial charge in [-0.15, -0.1) is 0 Å². The normalized spacial score (nSPS) is 37.9. The number of aliphatic hydroxyl groups excluding tert-OH is 1. The number of likely N-dealkylation sites (N-methyl/N-ethyl adjacent to an activating group) is 1. The van der Waals surface area contributed by atoms with Crippen LogP contribution in [-0.2, 0) is 0 Å². The van der Waals surface area contributed by atoms with E-state index in [1.54, 1.807) is 0 Å². The topological polar surface area (TPSA) is 32.3 Å². The predicted molar refractivity (Wildman–Crippen MR) is 50.0 cm³/mol. The molecule has 0 amide bonds. The average molecular weight is 175 g/mol. The molecule has 0 bridgehead atoms. The lowest BCUT2D eigenvalue weighted by atomic mass is 9.97. The van der Waals surface area contributed by atoms with Gasteiger partial charge >= 0.3 is 0 Å². The van der Waals surface area contributed by atoms with Crippen LogP contribution >= 0.6 is 11.8 Å². The minimum absolute atomic E-state index is 0.0266. The zero-order valence-corrected chi connectivity index (χ0v) is 8.08. The number of hydrogen-bond donors (Lipinski definition) is 2. The lowest BCUT2D eigenvalue weighted by Crippen LogP contribution is -2.48. The molecule has 2 atom stereocenters. The molecule has 11 heavy (non-hydrogen) atoms. The van der Waals surface area contributed by atoms with Crippen molar-refractivity contribution in [2.45, 2.75) is 31.1 Å². The van der Waals surface area contributed by atoms with Gasteiger partial charge in [0.2, 0.25) is 0 Å². The summed E-state index contributed by atoms with van der Waals surface area (Å²) in [4.78, 5) is 0. The number of hydrogen-bond acceptors (Lipinski definition) is 3. The second-order valence-corrected chi connectivity index (χ2v) is 4.72. The smallest absolute Gasteiger partial charge is 0.0621 e. The van der Waals surface area contributed by atoms with Gasteiger partial charge in [-0.2, -0.15) is 11.8 Å². The van der Waals surface area contributed by atoms with Crippen LogP contribution in [0.25, 0.3) is 0 Å². The molecular formula is C8H17NOS. The lowest BCUT2D eigenvalue weighted by Gasteiger charge is -2.26. The van der Waals surface area contributed by atoms with E-state index < -0.39 is 0 Å². The highest BCUT2D eigenvalue weighted by Crippen LogP contribution is 2.33. The van der Waals surface area contributed by atoms with Crippen LogP contribution < -0.4 is 5.32 Å². The number of rotatable bonds is 3. The molecule has 2 N–H and O–H groups in total. The van der Waals surface area contributed by atoms with Crippen LogP contribution in [0.5, 0.6) is 0 Å². The first-order chi connectivity index (χ1) is 5.22. The predicted octanol–water partition coefficient (Wildman–Crippen LogP) is 0.852. The number of aliphatic hydroxyl groups is 1. The van der Waals surface area contributed by atoms with Crippen LogP contribution in [0.4, 0.5) is 0 Å². The molecule has 0 aliphatic carbocycles. The van der Waals surface area contributed by atoms with Gasteiger partial charge in [-0.25, -0.2) is 0 Å². The molecule has 1 heterocycles. The Kier molecular flexibility index (Phi) is 3.22. The van der Waals surface area contributed by atoms with Crippen molar-refractivity contribution < 1.29 is 5.11 Å². The third kappa shape index (κ3) is 2.10. The van der Waals surface area contributed by atoms with Crippen LogP contribution in [-0.4, -0.2) is 34.8 Å². The Labute approximate surface area is 72.8 Å². The summed E-state index contributed by atoms with van der Waals surface area (Å²) >= 11 is 1.95. The van der Waals surface area contributed by atoms with Gasteiger partial charge in [-0.3, -0.25) is 0 Å². The van der Waals surface area contributed by atoms with E-state index in [0.717, 1.165) is 18.7 Å². The molecule has 1 aliphatic heterocycles. The van der Waals surface area contributed by atoms with Crippen LogP contribution in [0, 0.1) is 0 Å². The number of thioether (sulfide) groups is 1. The van der Waals surface area contributed by atoms with Crippen molar-refractivity contribution in [1.82, 2.24) is 5.32 Å². The summed E-state index contributed by atoms with van der Waals surface area (Å²) in [6.07, 6.45) is 1.10. The molecular weight excluding hydrogens is 158 g/mol. The zero-order valence-electron chi connectivity index (χ0n) is 7.26. The standard InChI is InChI=1S/C8H17NOS/c1-3-9-8(5-10)4-7(2)11-6-8/h7,9-10H,3-6H2,1-2H3. The van der Waals surface area contributed by atoms with E-state index in [2.05, 4.69) is 19.2 Å². The summed E-state index contributed by atoms with van der Waals surface area (Å²) in [6, 6.07) is 0. The van der Waals surface area contributed by atoms with Crippen LogP contribution in [0.1, 0.15) is 20.3 Å². The molecule has 0 aromatic carbocycles. The van der Waals surface area contributed by atoms with E-state index in [4.69, 9.17) is 0 Å². The fourth-order valence-corrected chi connectivity index (χ4v) is 2.99. The van der Waals surface area contributed by atoms with E-state index in [9.17, 15) is 5.11 Å². The van der Waals surface area contributed by atoms with Crippen LogP contribution in [0.15, 0.2) is 0 Å². The Hall–Kier alpha value is 0.270. The van der Waals surface area contributed by atoms with Gasteiger partial charge in [0.15, 0.2) is 0 Å². The van der Waals surface area contributed by atoms with Crippen molar-refractivity contribution in [3.63, 3.8) is 0 Å². The van der Waals surface area contributed by atoms with Crippen LogP contribution in [0.2, 0.25) is 0 Å². The first kappa shape index (κ1) is 9.36. The first-order valence-electron chi connectivity index (χ1n) is 4.20. The van der Waals surface area contributed by atoms with Gasteiger partial charge in [0.25, 0.3) is 0 Å². The highest BCUT2D eigenvalue weighted by molar-refractivity contribution is 8.00. The molecule has 2 nitrogen and oxygen atoms in total. The van der Waals surface area contributed by atoms with Crippen LogP contribution in [0.3, 0.4) is 0 Å². The van der Waals surface area contributed by atoms with Gasteiger partial charge in [0.05, 0.1) is 12.1 Å². The number of nitrogens with one attached hydrogen (secondary N) is 1. The van der Waals surface area contributed by atoms with Crippen molar-refractivity contribution in [2.75, 3.05) is 18.9 Å². The highest BCUT2D eigenvalue weighted by atomic mass is 32.2. The molecule has 0 spiro atoms. The Morgan fingerprint density at radius 3 is 2.82 bits per heavy atom. The first-order valence-corrected chi connectivity index (χ1v) is 5.25. The molecule has 0 aromatic rings. The minimum Gasteiger partial charge on any atom is -0.394 e. The molecule has 1 rings (SSSR count). The summed E-state index contributed by atoms with van der Waals surface area (Å²) < 4.78 is 0. The van der Waals surface area contributed by atoms with Crippen molar-refractivity contribution in [1.29, 1.82) is 0 Å². The summed E-state index contributed by atoms with van der Waals surface area (Å²) in [5.74, 6) is 1.05. The van der Waals surface area contributed by atoms with E-state index in [1.807, 2.05) is 11.8 Å². The Morgan fingerprint density at radius 1 is 1.73 bits per heavy atom. The lowest BCUT2D eigenvalue weighted by molar-refractivity contribution is 0.178. The molecule has 1 fully saturated rings. The molecule has 3 heteroatoms. The fraction of sp³-hybridized carbons (Fsp3) is 1.00. The van der Waals surface area contributed by atoms with Gasteiger partial charge < -0.3 is 10.4 Å². The second-order valence-electron chi connectivity index (χ2n) is 3.29. The average Bonchev–Trinajstić information content (AvgIpc) is 2.34. The maximum absolute atomic E-state index is 9.19. The monoisotopic (exact) mass is 175 g/mol. The fourth-order valence-electron chi connectivity index (χ4n) is 1.63. The molecule has 0 radical (unpaired) electrons.